The number of anilines is 1. The van der Waals surface area contributed by atoms with E-state index < -0.39 is 5.60 Å². The van der Waals surface area contributed by atoms with Crippen molar-refractivity contribution in [3.63, 3.8) is 0 Å². The predicted octanol–water partition coefficient (Wildman–Crippen LogP) is 5.11. The number of nitrogens with one attached hydrogen (secondary N) is 1. The molecule has 3 aromatic carbocycles. The van der Waals surface area contributed by atoms with Crippen molar-refractivity contribution in [1.29, 1.82) is 0 Å². The van der Waals surface area contributed by atoms with Crippen molar-refractivity contribution in [3.05, 3.63) is 101 Å². The van der Waals surface area contributed by atoms with E-state index in [1.165, 1.54) is 5.56 Å². The van der Waals surface area contributed by atoms with Crippen molar-refractivity contribution in [3.8, 4) is 0 Å². The van der Waals surface area contributed by atoms with Crippen LogP contribution in [0.3, 0.4) is 0 Å². The summed E-state index contributed by atoms with van der Waals surface area (Å²) in [4.78, 5) is 11.7. The number of cyclic esters (lactones) is 1. The number of hydrogen-bond acceptors (Lipinski definition) is 4. The van der Waals surface area contributed by atoms with Gasteiger partial charge >= 0.3 is 5.97 Å². The van der Waals surface area contributed by atoms with Gasteiger partial charge in [0.1, 0.15) is 6.61 Å². The first-order chi connectivity index (χ1) is 14.8. The molecule has 4 heteroatoms. The van der Waals surface area contributed by atoms with E-state index in [1.807, 2.05) is 48.5 Å². The molecule has 3 aromatic rings. The number of esters is 1. The van der Waals surface area contributed by atoms with Crippen molar-refractivity contribution in [2.75, 3.05) is 11.9 Å². The second kappa shape index (κ2) is 8.56. The van der Waals surface area contributed by atoms with Crippen LogP contribution in [0, 0.1) is 0 Å². The van der Waals surface area contributed by atoms with Gasteiger partial charge in [-0.05, 0) is 41.2 Å². The summed E-state index contributed by atoms with van der Waals surface area (Å²) in [5.41, 5.74) is 3.51. The van der Waals surface area contributed by atoms with Gasteiger partial charge in [0.2, 0.25) is 0 Å². The average Bonchev–Trinajstić information content (AvgIpc) is 3.13. The molecule has 2 N–H and O–H groups in total. The van der Waals surface area contributed by atoms with Crippen molar-refractivity contribution in [2.24, 2.45) is 0 Å². The smallest absolute Gasteiger partial charge is 0.338 e. The number of hydrogen-bond donors (Lipinski definition) is 2. The first-order valence-electron chi connectivity index (χ1n) is 10.7. The minimum atomic E-state index is -0.966. The molecule has 1 aliphatic heterocycles. The highest BCUT2D eigenvalue weighted by Gasteiger charge is 2.36. The Kier molecular flexibility index (Phi) is 5.84. The maximum absolute atomic E-state index is 11.8. The molecular formula is C27H29NO3. The minimum Gasteiger partial charge on any atom is -0.457 e. The number of ether oxygens (including phenoxy) is 1. The maximum Gasteiger partial charge on any atom is 0.338 e. The number of benzene rings is 3. The van der Waals surface area contributed by atoms with Crippen LogP contribution in [-0.4, -0.2) is 23.2 Å². The van der Waals surface area contributed by atoms with E-state index in [2.05, 4.69) is 43.4 Å². The maximum atomic E-state index is 11.8. The molecule has 4 rings (SSSR count). The molecule has 4 nitrogen and oxygen atoms in total. The normalized spacial score (nSPS) is 15.1. The zero-order valence-corrected chi connectivity index (χ0v) is 18.1. The van der Waals surface area contributed by atoms with E-state index in [4.69, 9.17) is 4.74 Å². The van der Waals surface area contributed by atoms with Gasteiger partial charge in [0, 0.05) is 24.2 Å². The monoisotopic (exact) mass is 415 g/mol. The van der Waals surface area contributed by atoms with E-state index >= 15 is 0 Å². The Balaban J connectivity index is 1.56. The number of fused-ring (bicyclic) bond motifs is 1. The zero-order chi connectivity index (χ0) is 21.9. The van der Waals surface area contributed by atoms with Gasteiger partial charge in [0.05, 0.1) is 11.2 Å². The molecule has 0 aromatic heterocycles. The summed E-state index contributed by atoms with van der Waals surface area (Å²) in [6.45, 7) is 5.05. The number of rotatable bonds is 8. The molecule has 0 spiro atoms. The summed E-state index contributed by atoms with van der Waals surface area (Å²) >= 11 is 0. The predicted molar refractivity (Wildman–Crippen MR) is 123 cm³/mol. The van der Waals surface area contributed by atoms with Gasteiger partial charge in [-0.15, -0.1) is 0 Å². The van der Waals surface area contributed by atoms with Crippen molar-refractivity contribution in [2.45, 2.75) is 44.3 Å². The minimum absolute atomic E-state index is 0.204. The quantitative estimate of drug-likeness (QED) is 0.502. The zero-order valence-electron chi connectivity index (χ0n) is 18.1. The average molecular weight is 416 g/mol. The first-order valence-corrected chi connectivity index (χ1v) is 10.7. The lowest BCUT2D eigenvalue weighted by atomic mass is 9.73. The third-order valence-electron chi connectivity index (χ3n) is 6.01. The van der Waals surface area contributed by atoms with Gasteiger partial charge in [-0.1, -0.05) is 74.5 Å². The van der Waals surface area contributed by atoms with Crippen LogP contribution in [0.15, 0.2) is 78.9 Å². The molecule has 1 aliphatic rings. The molecule has 0 aliphatic carbocycles. The molecule has 0 amide bonds. The van der Waals surface area contributed by atoms with Crippen LogP contribution in [0.5, 0.6) is 0 Å². The molecule has 0 bridgehead atoms. The Bertz CT molecular complexity index is 1050. The van der Waals surface area contributed by atoms with Gasteiger partial charge in [-0.3, -0.25) is 0 Å². The van der Waals surface area contributed by atoms with Crippen molar-refractivity contribution in [1.82, 2.24) is 0 Å². The summed E-state index contributed by atoms with van der Waals surface area (Å²) < 4.78 is 5.10. The Labute approximate surface area is 183 Å². The highest BCUT2D eigenvalue weighted by atomic mass is 16.5. The van der Waals surface area contributed by atoms with Crippen LogP contribution in [0.4, 0.5) is 5.69 Å². The molecule has 0 radical (unpaired) electrons. The standard InChI is InChI=1S/C27H29NO3/c1-26(2,22-11-7-4-8-12-22)18-27(30,16-20-9-5-3-6-10-20)19-28-23-13-14-24-21(15-23)17-31-25(24)29/h3-15,28,30H,16-19H2,1-2H3. The lowest BCUT2D eigenvalue weighted by molar-refractivity contribution is 0.0257. The van der Waals surface area contributed by atoms with Gasteiger partial charge in [0.25, 0.3) is 0 Å². The molecular weight excluding hydrogens is 386 g/mol. The van der Waals surface area contributed by atoms with E-state index in [0.29, 0.717) is 31.6 Å². The van der Waals surface area contributed by atoms with Crippen molar-refractivity contribution < 1.29 is 14.6 Å². The Morgan fingerprint density at radius 1 is 0.968 bits per heavy atom. The number of aliphatic hydroxyl groups is 1. The van der Waals surface area contributed by atoms with E-state index in [9.17, 15) is 9.90 Å². The summed E-state index contributed by atoms with van der Waals surface area (Å²) in [5, 5.41) is 15.2. The SMILES string of the molecule is CC(C)(CC(O)(CNc1ccc2c(c1)COC2=O)Cc1ccccc1)c1ccccc1. The lowest BCUT2D eigenvalue weighted by Gasteiger charge is -2.37. The molecule has 0 fully saturated rings. The van der Waals surface area contributed by atoms with Gasteiger partial charge < -0.3 is 15.2 Å². The molecule has 1 heterocycles. The van der Waals surface area contributed by atoms with E-state index in [1.54, 1.807) is 6.07 Å². The highest BCUT2D eigenvalue weighted by Crippen LogP contribution is 2.34. The molecule has 1 unspecified atom stereocenters. The van der Waals surface area contributed by atoms with Crippen LogP contribution in [-0.2, 0) is 23.2 Å². The van der Waals surface area contributed by atoms with E-state index in [0.717, 1.165) is 16.8 Å². The number of carbonyl (C=O) groups excluding carboxylic acids is 1. The Morgan fingerprint density at radius 2 is 1.65 bits per heavy atom. The fourth-order valence-electron chi connectivity index (χ4n) is 4.49. The van der Waals surface area contributed by atoms with Gasteiger partial charge in [-0.25, -0.2) is 4.79 Å². The van der Waals surface area contributed by atoms with E-state index in [-0.39, 0.29) is 11.4 Å². The molecule has 31 heavy (non-hydrogen) atoms. The molecule has 0 saturated carbocycles. The number of carbonyl (C=O) groups is 1. The van der Waals surface area contributed by atoms with Crippen LogP contribution >= 0.6 is 0 Å². The summed E-state index contributed by atoms with van der Waals surface area (Å²) in [5.74, 6) is -0.272. The fraction of sp³-hybridized carbons (Fsp3) is 0.296. The van der Waals surface area contributed by atoms with Gasteiger partial charge in [-0.2, -0.15) is 0 Å². The largest absolute Gasteiger partial charge is 0.457 e. The Hall–Kier alpha value is -3.11. The summed E-state index contributed by atoms with van der Waals surface area (Å²) in [6, 6.07) is 26.0. The Morgan fingerprint density at radius 3 is 2.35 bits per heavy atom. The topological polar surface area (TPSA) is 58.6 Å². The van der Waals surface area contributed by atoms with Crippen LogP contribution in [0.2, 0.25) is 0 Å². The molecule has 160 valence electrons. The lowest BCUT2D eigenvalue weighted by Crippen LogP contribution is -2.44. The van der Waals surface area contributed by atoms with Crippen molar-refractivity contribution >= 4 is 11.7 Å². The second-order valence-corrected chi connectivity index (χ2v) is 9.12. The third kappa shape index (κ3) is 4.97. The van der Waals surface area contributed by atoms with Crippen LogP contribution < -0.4 is 5.32 Å². The van der Waals surface area contributed by atoms with Crippen LogP contribution in [0.1, 0.15) is 47.3 Å². The highest BCUT2D eigenvalue weighted by molar-refractivity contribution is 5.93. The molecule has 1 atom stereocenters. The van der Waals surface area contributed by atoms with Crippen LogP contribution in [0.25, 0.3) is 0 Å². The second-order valence-electron chi connectivity index (χ2n) is 9.12. The third-order valence-corrected chi connectivity index (χ3v) is 6.01. The fourth-order valence-corrected chi connectivity index (χ4v) is 4.49. The summed E-state index contributed by atoms with van der Waals surface area (Å²) in [7, 11) is 0. The first kappa shape index (κ1) is 21.1. The van der Waals surface area contributed by atoms with Gasteiger partial charge in [0.15, 0.2) is 0 Å². The summed E-state index contributed by atoms with van der Waals surface area (Å²) in [6.07, 6.45) is 1.14. The molecule has 0 saturated heterocycles.